The van der Waals surface area contributed by atoms with Gasteiger partial charge in [-0.2, -0.15) is 5.10 Å². The lowest BCUT2D eigenvalue weighted by molar-refractivity contribution is 0.0950. The number of halogens is 2. The lowest BCUT2D eigenvalue weighted by Crippen LogP contribution is -2.23. The molecule has 0 unspecified atom stereocenters. The average Bonchev–Trinajstić information content (AvgIpc) is 3.26. The first kappa shape index (κ1) is 26.1. The molecule has 0 spiro atoms. The Bertz CT molecular complexity index is 1240. The van der Waals surface area contributed by atoms with Gasteiger partial charge in [0.25, 0.3) is 5.91 Å². The molecule has 0 fully saturated rings. The molecule has 3 rings (SSSR count). The summed E-state index contributed by atoms with van der Waals surface area (Å²) in [5.74, 6) is -1.06. The van der Waals surface area contributed by atoms with E-state index in [0.29, 0.717) is 22.6 Å². The Hall–Kier alpha value is -4.18. The van der Waals surface area contributed by atoms with Crippen LogP contribution in [0.25, 0.3) is 5.57 Å². The highest BCUT2D eigenvalue weighted by Crippen LogP contribution is 2.22. The van der Waals surface area contributed by atoms with Crippen LogP contribution in [0.5, 0.6) is 5.75 Å². The SMILES string of the molecule is C#C.C/C=C(\C=C(/C)c1cnn(C)c1)Oc1cc(C)cc(C(=O)NCc2ccc(F)c(F)c2)c1. The van der Waals surface area contributed by atoms with E-state index < -0.39 is 11.6 Å². The summed E-state index contributed by atoms with van der Waals surface area (Å²) in [6.45, 7) is 5.78. The van der Waals surface area contributed by atoms with Crippen LogP contribution in [0.3, 0.4) is 0 Å². The second-order valence-electron chi connectivity index (χ2n) is 7.49. The number of hydrogen-bond donors (Lipinski definition) is 1. The van der Waals surface area contributed by atoms with Crippen molar-refractivity contribution in [2.24, 2.45) is 7.05 Å². The predicted molar refractivity (Wildman–Crippen MR) is 130 cm³/mol. The maximum atomic E-state index is 13.4. The van der Waals surface area contributed by atoms with Gasteiger partial charge in [0.05, 0.1) is 6.20 Å². The molecule has 0 atom stereocenters. The van der Waals surface area contributed by atoms with Crippen LogP contribution in [0.15, 0.2) is 66.7 Å². The Labute approximate surface area is 198 Å². The van der Waals surface area contributed by atoms with Gasteiger partial charge in [-0.25, -0.2) is 8.78 Å². The van der Waals surface area contributed by atoms with Gasteiger partial charge in [0.1, 0.15) is 11.5 Å². The minimum absolute atomic E-state index is 0.0767. The summed E-state index contributed by atoms with van der Waals surface area (Å²) >= 11 is 0. The summed E-state index contributed by atoms with van der Waals surface area (Å²) in [6, 6.07) is 8.75. The van der Waals surface area contributed by atoms with Gasteiger partial charge < -0.3 is 10.1 Å². The third kappa shape index (κ3) is 7.17. The number of nitrogens with one attached hydrogen (secondary N) is 1. The molecule has 1 N–H and O–H groups in total. The molecule has 2 aromatic carbocycles. The molecule has 5 nitrogen and oxygen atoms in total. The van der Waals surface area contributed by atoms with E-state index in [2.05, 4.69) is 23.3 Å². The molecule has 0 bridgehead atoms. The summed E-state index contributed by atoms with van der Waals surface area (Å²) in [5, 5.41) is 6.90. The lowest BCUT2D eigenvalue weighted by atomic mass is 10.1. The zero-order chi connectivity index (χ0) is 25.3. The van der Waals surface area contributed by atoms with Crippen molar-refractivity contribution < 1.29 is 18.3 Å². The van der Waals surface area contributed by atoms with Gasteiger partial charge in [0.15, 0.2) is 11.6 Å². The summed E-state index contributed by atoms with van der Waals surface area (Å²) in [7, 11) is 1.86. The van der Waals surface area contributed by atoms with E-state index in [0.717, 1.165) is 28.8 Å². The minimum atomic E-state index is -0.948. The first-order chi connectivity index (χ1) is 16.2. The van der Waals surface area contributed by atoms with E-state index in [4.69, 9.17) is 4.74 Å². The third-order valence-corrected chi connectivity index (χ3v) is 4.79. The maximum absolute atomic E-state index is 13.4. The number of rotatable bonds is 7. The summed E-state index contributed by atoms with van der Waals surface area (Å²) in [4.78, 5) is 12.6. The van der Waals surface area contributed by atoms with Crippen LogP contribution in [0.4, 0.5) is 8.78 Å². The van der Waals surface area contributed by atoms with E-state index in [-0.39, 0.29) is 12.5 Å². The van der Waals surface area contributed by atoms with E-state index in [9.17, 15) is 13.6 Å². The highest BCUT2D eigenvalue weighted by molar-refractivity contribution is 5.94. The number of aromatic nitrogens is 2. The molecule has 176 valence electrons. The van der Waals surface area contributed by atoms with Gasteiger partial charge in [0, 0.05) is 30.9 Å². The molecule has 0 saturated carbocycles. The Morgan fingerprint density at radius 1 is 1.15 bits per heavy atom. The lowest BCUT2D eigenvalue weighted by Gasteiger charge is -2.11. The van der Waals surface area contributed by atoms with Gasteiger partial charge in [-0.3, -0.25) is 9.48 Å². The van der Waals surface area contributed by atoms with Gasteiger partial charge in [0.2, 0.25) is 0 Å². The second-order valence-corrected chi connectivity index (χ2v) is 7.49. The monoisotopic (exact) mass is 463 g/mol. The molecule has 1 heterocycles. The van der Waals surface area contributed by atoms with E-state index in [1.54, 1.807) is 23.0 Å². The fraction of sp³-hybridized carbons (Fsp3) is 0.185. The standard InChI is InChI=1S/C25H25F2N3O2.C2H2/c1-5-21(10-17(3)20-14-29-30(4)15-20)32-22-9-16(2)8-19(12-22)25(31)28-13-18-6-7-23(26)24(27)11-18;1-2/h5-12,14-15H,13H2,1-4H3,(H,28,31);1-2H/b17-10+,21-5+;. The molecule has 3 aromatic rings. The Morgan fingerprint density at radius 3 is 2.50 bits per heavy atom. The average molecular weight is 464 g/mol. The molecule has 1 amide bonds. The van der Waals surface area contributed by atoms with Crippen molar-refractivity contribution in [3.63, 3.8) is 0 Å². The second kappa shape index (κ2) is 12.2. The number of benzene rings is 2. The van der Waals surface area contributed by atoms with Crippen LogP contribution in [-0.2, 0) is 13.6 Å². The maximum Gasteiger partial charge on any atom is 0.251 e. The van der Waals surface area contributed by atoms with Crippen LogP contribution in [0.1, 0.15) is 40.9 Å². The van der Waals surface area contributed by atoms with Crippen molar-refractivity contribution in [1.29, 1.82) is 0 Å². The van der Waals surface area contributed by atoms with Crippen molar-refractivity contribution >= 4 is 11.5 Å². The zero-order valence-electron chi connectivity index (χ0n) is 19.6. The molecule has 0 aliphatic carbocycles. The number of allylic oxidation sites excluding steroid dienone is 3. The quantitative estimate of drug-likeness (QED) is 0.283. The molecule has 1 aromatic heterocycles. The largest absolute Gasteiger partial charge is 0.458 e. The molecule has 0 aliphatic heterocycles. The van der Waals surface area contributed by atoms with Crippen molar-refractivity contribution in [2.45, 2.75) is 27.3 Å². The molecular formula is C27H27F2N3O2. The number of amides is 1. The van der Waals surface area contributed by atoms with Gasteiger partial charge in [-0.05, 0) is 80.0 Å². The van der Waals surface area contributed by atoms with Crippen LogP contribution in [0, 0.1) is 31.4 Å². The van der Waals surface area contributed by atoms with Crippen LogP contribution in [-0.4, -0.2) is 15.7 Å². The number of carbonyl (C=O) groups is 1. The smallest absolute Gasteiger partial charge is 0.251 e. The van der Waals surface area contributed by atoms with Gasteiger partial charge >= 0.3 is 0 Å². The van der Waals surface area contributed by atoms with Crippen molar-refractivity contribution in [1.82, 2.24) is 15.1 Å². The highest BCUT2D eigenvalue weighted by atomic mass is 19.2. The number of hydrogen-bond acceptors (Lipinski definition) is 3. The van der Waals surface area contributed by atoms with Crippen molar-refractivity contribution in [3.8, 4) is 18.6 Å². The van der Waals surface area contributed by atoms with Crippen molar-refractivity contribution in [2.75, 3.05) is 0 Å². The Morgan fingerprint density at radius 2 is 1.88 bits per heavy atom. The highest BCUT2D eigenvalue weighted by Gasteiger charge is 2.11. The summed E-state index contributed by atoms with van der Waals surface area (Å²) in [5.41, 5.74) is 3.70. The number of ether oxygens (including phenoxy) is 1. The normalized spacial score (nSPS) is 11.4. The fourth-order valence-corrected chi connectivity index (χ4v) is 3.10. The van der Waals surface area contributed by atoms with Crippen LogP contribution < -0.4 is 10.1 Å². The predicted octanol–water partition coefficient (Wildman–Crippen LogP) is 5.57. The van der Waals surface area contributed by atoms with Crippen LogP contribution in [0.2, 0.25) is 0 Å². The Balaban J connectivity index is 0.00000199. The zero-order valence-corrected chi connectivity index (χ0v) is 19.6. The number of carbonyl (C=O) groups excluding carboxylic acids is 1. The first-order valence-corrected chi connectivity index (χ1v) is 10.4. The van der Waals surface area contributed by atoms with Crippen molar-refractivity contribution in [3.05, 3.63) is 101 Å². The molecular weight excluding hydrogens is 436 g/mol. The molecule has 34 heavy (non-hydrogen) atoms. The van der Waals surface area contributed by atoms with E-state index in [1.165, 1.54) is 6.07 Å². The summed E-state index contributed by atoms with van der Waals surface area (Å²) in [6.07, 6.45) is 15.4. The van der Waals surface area contributed by atoms with Gasteiger partial charge in [-0.1, -0.05) is 6.07 Å². The minimum Gasteiger partial charge on any atom is -0.458 e. The molecule has 7 heteroatoms. The van der Waals surface area contributed by atoms with Crippen LogP contribution >= 0.6 is 0 Å². The van der Waals surface area contributed by atoms with E-state index in [1.807, 2.05) is 52.2 Å². The third-order valence-electron chi connectivity index (χ3n) is 4.79. The summed E-state index contributed by atoms with van der Waals surface area (Å²) < 4.78 is 34.2. The van der Waals surface area contributed by atoms with E-state index >= 15 is 0 Å². The topological polar surface area (TPSA) is 56.2 Å². The molecule has 0 radical (unpaired) electrons. The Kier molecular flexibility index (Phi) is 9.33. The molecule has 0 saturated heterocycles. The van der Waals surface area contributed by atoms with Gasteiger partial charge in [-0.15, -0.1) is 12.8 Å². The number of aryl methyl sites for hydroxylation is 2. The number of nitrogens with zero attached hydrogens (tertiary/aromatic N) is 2. The molecule has 0 aliphatic rings. The number of terminal acetylenes is 1. The first-order valence-electron chi connectivity index (χ1n) is 10.4. The fourth-order valence-electron chi connectivity index (χ4n) is 3.10.